The number of hydrogen-bond donors (Lipinski definition) is 0. The number of fused-ring (bicyclic) bond motifs is 11. The van der Waals surface area contributed by atoms with Crippen LogP contribution in [-0.2, 0) is 19.1 Å². The lowest BCUT2D eigenvalue weighted by Crippen LogP contribution is -2.38. The van der Waals surface area contributed by atoms with Crippen LogP contribution < -0.4 is 0 Å². The molecule has 4 heteroatoms. The fraction of sp³-hybridized carbons (Fsp3) is 0.810. The molecule has 134 valence electrons. The first-order chi connectivity index (χ1) is 12.2. The molecule has 4 nitrogen and oxygen atoms in total. The lowest BCUT2D eigenvalue weighted by molar-refractivity contribution is -0.168. The van der Waals surface area contributed by atoms with Crippen molar-refractivity contribution in [1.29, 1.82) is 0 Å². The zero-order chi connectivity index (χ0) is 16.7. The first kappa shape index (κ1) is 14.8. The standard InChI is InChI=1S/C21H26O4/c22-20(14-6-10-1-2-11(14)5-10)24-9-16-15-8-17(25-21(16)23)19-13-4-3-12(7-13)18(15)19/h1-2,10-19H,3-9H2. The van der Waals surface area contributed by atoms with Crippen molar-refractivity contribution in [3.8, 4) is 0 Å². The van der Waals surface area contributed by atoms with Gasteiger partial charge in [-0.25, -0.2) is 0 Å². The van der Waals surface area contributed by atoms with Crippen LogP contribution in [-0.4, -0.2) is 24.6 Å². The summed E-state index contributed by atoms with van der Waals surface area (Å²) in [5.74, 6) is 3.73. The highest BCUT2D eigenvalue weighted by molar-refractivity contribution is 5.77. The number of carbonyl (C=O) groups excluding carboxylic acids is 2. The Morgan fingerprint density at radius 2 is 1.92 bits per heavy atom. The van der Waals surface area contributed by atoms with Crippen molar-refractivity contribution in [2.24, 2.45) is 53.3 Å². The topological polar surface area (TPSA) is 52.6 Å². The molecule has 4 saturated carbocycles. The fourth-order valence-electron chi connectivity index (χ4n) is 7.64. The summed E-state index contributed by atoms with van der Waals surface area (Å²) in [5.41, 5.74) is 0. The van der Waals surface area contributed by atoms with E-state index < -0.39 is 0 Å². The van der Waals surface area contributed by atoms with Gasteiger partial charge in [-0.2, -0.15) is 0 Å². The minimum atomic E-state index is -0.219. The van der Waals surface area contributed by atoms with Crippen molar-refractivity contribution in [1.82, 2.24) is 0 Å². The molecule has 0 aromatic rings. The monoisotopic (exact) mass is 342 g/mol. The van der Waals surface area contributed by atoms with Gasteiger partial charge in [0.2, 0.25) is 0 Å². The van der Waals surface area contributed by atoms with Crippen molar-refractivity contribution >= 4 is 11.9 Å². The molecule has 0 aromatic carbocycles. The van der Waals surface area contributed by atoms with E-state index in [4.69, 9.17) is 9.47 Å². The SMILES string of the molecule is O=C(OCC1C(=O)OC2CC1C1C3CCC(C3)C21)C1CC2C=CC1C2. The number of hydrogen-bond acceptors (Lipinski definition) is 4. The first-order valence-electron chi connectivity index (χ1n) is 10.2. The number of allylic oxidation sites excluding steroid dienone is 2. The van der Waals surface area contributed by atoms with Crippen molar-refractivity contribution < 1.29 is 19.1 Å². The molecule has 1 heterocycles. The van der Waals surface area contributed by atoms with Crippen molar-refractivity contribution in [2.75, 3.05) is 6.61 Å². The van der Waals surface area contributed by atoms with Gasteiger partial charge in [-0.3, -0.25) is 9.59 Å². The zero-order valence-corrected chi connectivity index (χ0v) is 14.5. The Hall–Kier alpha value is -1.32. The maximum atomic E-state index is 12.6. The van der Waals surface area contributed by atoms with Crippen LogP contribution in [0.4, 0.5) is 0 Å². The molecular weight excluding hydrogens is 316 g/mol. The van der Waals surface area contributed by atoms with Crippen LogP contribution in [0.5, 0.6) is 0 Å². The molecule has 0 radical (unpaired) electrons. The molecule has 0 N–H and O–H groups in total. The van der Waals surface area contributed by atoms with E-state index >= 15 is 0 Å². The summed E-state index contributed by atoms with van der Waals surface area (Å²) in [4.78, 5) is 25.1. The van der Waals surface area contributed by atoms with E-state index in [0.29, 0.717) is 29.6 Å². The second-order valence-corrected chi connectivity index (χ2v) is 9.49. The van der Waals surface area contributed by atoms with Gasteiger partial charge in [-0.05, 0) is 74.0 Å². The molecular formula is C21H26O4. The molecule has 5 aliphatic carbocycles. The minimum Gasteiger partial charge on any atom is -0.465 e. The van der Waals surface area contributed by atoms with Gasteiger partial charge in [0.15, 0.2) is 0 Å². The highest BCUT2D eigenvalue weighted by Gasteiger charge is 2.63. The van der Waals surface area contributed by atoms with Crippen LogP contribution in [0.25, 0.3) is 0 Å². The Morgan fingerprint density at radius 3 is 2.68 bits per heavy atom. The molecule has 25 heavy (non-hydrogen) atoms. The summed E-state index contributed by atoms with van der Waals surface area (Å²) in [6, 6.07) is 0. The van der Waals surface area contributed by atoms with E-state index in [2.05, 4.69) is 12.2 Å². The minimum absolute atomic E-state index is 0.0150. The van der Waals surface area contributed by atoms with Crippen molar-refractivity contribution in [2.45, 2.75) is 44.6 Å². The van der Waals surface area contributed by atoms with Gasteiger partial charge in [0.05, 0.1) is 11.8 Å². The number of ether oxygens (including phenoxy) is 2. The molecule has 6 bridgehead atoms. The molecule has 5 fully saturated rings. The predicted molar refractivity (Wildman–Crippen MR) is 89.1 cm³/mol. The number of carbonyl (C=O) groups is 2. The van der Waals surface area contributed by atoms with Gasteiger partial charge in [-0.1, -0.05) is 12.2 Å². The van der Waals surface area contributed by atoms with Crippen molar-refractivity contribution in [3.63, 3.8) is 0 Å². The highest BCUT2D eigenvalue weighted by atomic mass is 16.6. The van der Waals surface area contributed by atoms with Gasteiger partial charge in [-0.15, -0.1) is 0 Å². The van der Waals surface area contributed by atoms with E-state index in [1.54, 1.807) is 0 Å². The van der Waals surface area contributed by atoms with E-state index in [1.807, 2.05) is 0 Å². The average Bonchev–Trinajstić information content (AvgIpc) is 3.40. The molecule has 10 unspecified atom stereocenters. The van der Waals surface area contributed by atoms with E-state index in [-0.39, 0.29) is 36.5 Å². The average molecular weight is 342 g/mol. The summed E-state index contributed by atoms with van der Waals surface area (Å²) in [7, 11) is 0. The molecule has 1 saturated heterocycles. The van der Waals surface area contributed by atoms with Crippen LogP contribution in [0.2, 0.25) is 0 Å². The van der Waals surface area contributed by atoms with Crippen LogP contribution in [0, 0.1) is 53.3 Å². The quantitative estimate of drug-likeness (QED) is 0.449. The maximum absolute atomic E-state index is 12.6. The molecule has 6 rings (SSSR count). The van der Waals surface area contributed by atoms with Gasteiger partial charge < -0.3 is 9.47 Å². The summed E-state index contributed by atoms with van der Waals surface area (Å²) in [6.07, 6.45) is 11.6. The lowest BCUT2D eigenvalue weighted by Gasteiger charge is -2.31. The van der Waals surface area contributed by atoms with Gasteiger partial charge in [0.25, 0.3) is 0 Å². The summed E-state index contributed by atoms with van der Waals surface area (Å²) >= 11 is 0. The zero-order valence-electron chi connectivity index (χ0n) is 14.5. The highest BCUT2D eigenvalue weighted by Crippen LogP contribution is 2.64. The van der Waals surface area contributed by atoms with E-state index in [0.717, 1.165) is 31.1 Å². The fourth-order valence-corrected chi connectivity index (χ4v) is 7.64. The van der Waals surface area contributed by atoms with E-state index in [9.17, 15) is 9.59 Å². The summed E-state index contributed by atoms with van der Waals surface area (Å²) in [6.45, 7) is 0.243. The Morgan fingerprint density at radius 1 is 1.08 bits per heavy atom. The Labute approximate surface area is 148 Å². The van der Waals surface area contributed by atoms with Crippen LogP contribution in [0.1, 0.15) is 38.5 Å². The third-order valence-corrected chi connectivity index (χ3v) is 8.55. The summed E-state index contributed by atoms with van der Waals surface area (Å²) < 4.78 is 11.5. The molecule has 0 aromatic heterocycles. The normalized spacial score (nSPS) is 54.0. The Balaban J connectivity index is 1.16. The van der Waals surface area contributed by atoms with Gasteiger partial charge in [0.1, 0.15) is 12.7 Å². The largest absolute Gasteiger partial charge is 0.465 e. The maximum Gasteiger partial charge on any atom is 0.312 e. The molecule has 0 amide bonds. The second-order valence-electron chi connectivity index (χ2n) is 9.49. The van der Waals surface area contributed by atoms with E-state index in [1.165, 1.54) is 19.3 Å². The first-order valence-corrected chi connectivity index (χ1v) is 10.2. The Bertz CT molecular complexity index is 654. The number of rotatable bonds is 3. The van der Waals surface area contributed by atoms with Crippen LogP contribution in [0.3, 0.4) is 0 Å². The van der Waals surface area contributed by atoms with Gasteiger partial charge >= 0.3 is 11.9 Å². The smallest absolute Gasteiger partial charge is 0.312 e. The van der Waals surface area contributed by atoms with Crippen LogP contribution in [0.15, 0.2) is 12.2 Å². The third kappa shape index (κ3) is 2.00. The van der Waals surface area contributed by atoms with Gasteiger partial charge in [0, 0.05) is 5.92 Å². The predicted octanol–water partition coefficient (Wildman–Crippen LogP) is 2.97. The molecule has 6 aliphatic rings. The number of esters is 2. The second kappa shape index (κ2) is 5.11. The van der Waals surface area contributed by atoms with Crippen LogP contribution >= 0.6 is 0 Å². The lowest BCUT2D eigenvalue weighted by atomic mass is 9.74. The van der Waals surface area contributed by atoms with Crippen molar-refractivity contribution in [3.05, 3.63) is 12.2 Å². The Kier molecular flexibility index (Phi) is 3.03. The molecule has 0 spiro atoms. The molecule has 1 aliphatic heterocycles. The molecule has 10 atom stereocenters. The summed E-state index contributed by atoms with van der Waals surface area (Å²) in [5, 5.41) is 0. The third-order valence-electron chi connectivity index (χ3n) is 8.55.